The predicted molar refractivity (Wildman–Crippen MR) is 68.4 cm³/mol. The van der Waals surface area contributed by atoms with Crippen molar-refractivity contribution in [3.63, 3.8) is 0 Å². The minimum atomic E-state index is -4.04. The van der Waals surface area contributed by atoms with Crippen molar-refractivity contribution < 1.29 is 13.2 Å². The second kappa shape index (κ2) is 6.78. The number of rotatable bonds is 5. The van der Waals surface area contributed by atoms with Gasteiger partial charge in [-0.2, -0.15) is 13.2 Å². The van der Waals surface area contributed by atoms with Crippen molar-refractivity contribution in [1.82, 2.24) is 5.32 Å². The van der Waals surface area contributed by atoms with E-state index in [1.54, 1.807) is 7.05 Å². The minimum Gasteiger partial charge on any atom is -0.316 e. The molecule has 0 aromatic rings. The van der Waals surface area contributed by atoms with Gasteiger partial charge in [-0.15, -0.1) is 0 Å². The van der Waals surface area contributed by atoms with Crippen molar-refractivity contribution in [2.45, 2.75) is 64.6 Å². The van der Waals surface area contributed by atoms with Crippen LogP contribution in [-0.4, -0.2) is 19.3 Å². The molecule has 0 aromatic carbocycles. The van der Waals surface area contributed by atoms with E-state index in [1.807, 2.05) is 0 Å². The van der Waals surface area contributed by atoms with Crippen molar-refractivity contribution in [1.29, 1.82) is 0 Å². The van der Waals surface area contributed by atoms with Crippen LogP contribution in [0.25, 0.3) is 0 Å². The zero-order chi connectivity index (χ0) is 13.8. The van der Waals surface area contributed by atoms with Gasteiger partial charge in [-0.3, -0.25) is 0 Å². The molecule has 1 aliphatic carbocycles. The summed E-state index contributed by atoms with van der Waals surface area (Å²) in [5, 5.41) is 3.16. The van der Waals surface area contributed by atoms with Crippen LogP contribution in [0.5, 0.6) is 0 Å². The van der Waals surface area contributed by atoms with Crippen LogP contribution in [0.4, 0.5) is 13.2 Å². The van der Waals surface area contributed by atoms with E-state index in [1.165, 1.54) is 0 Å². The quantitative estimate of drug-likeness (QED) is 0.778. The van der Waals surface area contributed by atoms with Crippen LogP contribution in [0.2, 0.25) is 0 Å². The van der Waals surface area contributed by atoms with Gasteiger partial charge in [0, 0.05) is 6.04 Å². The molecule has 1 N–H and O–H groups in total. The normalized spacial score (nSPS) is 29.0. The first-order valence-corrected chi connectivity index (χ1v) is 7.15. The van der Waals surface area contributed by atoms with Gasteiger partial charge in [0.05, 0.1) is 5.92 Å². The summed E-state index contributed by atoms with van der Waals surface area (Å²) in [6.07, 6.45) is 0.671. The van der Waals surface area contributed by atoms with Crippen molar-refractivity contribution in [2.75, 3.05) is 7.05 Å². The average molecular weight is 265 g/mol. The van der Waals surface area contributed by atoms with Crippen molar-refractivity contribution >= 4 is 0 Å². The lowest BCUT2D eigenvalue weighted by Gasteiger charge is -2.40. The first kappa shape index (κ1) is 15.8. The van der Waals surface area contributed by atoms with Gasteiger partial charge in [0.25, 0.3) is 0 Å². The Balaban J connectivity index is 2.80. The van der Waals surface area contributed by atoms with E-state index in [4.69, 9.17) is 0 Å². The van der Waals surface area contributed by atoms with E-state index in [0.29, 0.717) is 18.8 Å². The van der Waals surface area contributed by atoms with Crippen LogP contribution in [0.1, 0.15) is 52.4 Å². The third-order valence-electron chi connectivity index (χ3n) is 4.39. The molecule has 0 bridgehead atoms. The summed E-state index contributed by atoms with van der Waals surface area (Å²) >= 11 is 0. The Kier molecular flexibility index (Phi) is 5.96. The monoisotopic (exact) mass is 265 g/mol. The molecule has 4 heteroatoms. The Hall–Kier alpha value is -0.250. The van der Waals surface area contributed by atoms with E-state index in [2.05, 4.69) is 19.2 Å². The zero-order valence-corrected chi connectivity index (χ0v) is 11.7. The van der Waals surface area contributed by atoms with Crippen molar-refractivity contribution in [3.8, 4) is 0 Å². The van der Waals surface area contributed by atoms with E-state index in [9.17, 15) is 13.2 Å². The second-order valence-electron chi connectivity index (χ2n) is 5.68. The summed E-state index contributed by atoms with van der Waals surface area (Å²) in [6, 6.07) is -0.00289. The molecular formula is C14H26F3N. The highest BCUT2D eigenvalue weighted by Gasteiger charge is 2.48. The molecule has 1 rings (SSSR count). The van der Waals surface area contributed by atoms with Gasteiger partial charge in [0.2, 0.25) is 0 Å². The Labute approximate surface area is 109 Å². The molecule has 1 fully saturated rings. The lowest BCUT2D eigenvalue weighted by molar-refractivity contribution is -0.200. The van der Waals surface area contributed by atoms with Gasteiger partial charge in [0.1, 0.15) is 0 Å². The zero-order valence-electron chi connectivity index (χ0n) is 11.7. The molecule has 1 aliphatic rings. The maximum absolute atomic E-state index is 13.1. The second-order valence-corrected chi connectivity index (χ2v) is 5.68. The minimum absolute atomic E-state index is 0.00289. The highest BCUT2D eigenvalue weighted by atomic mass is 19.4. The van der Waals surface area contributed by atoms with Crippen molar-refractivity contribution in [2.24, 2.45) is 17.8 Å². The number of hydrogen-bond acceptors (Lipinski definition) is 1. The molecule has 1 nitrogen and oxygen atoms in total. The molecule has 0 heterocycles. The fourth-order valence-electron chi connectivity index (χ4n) is 3.55. The molecule has 4 atom stereocenters. The van der Waals surface area contributed by atoms with E-state index in [-0.39, 0.29) is 12.0 Å². The predicted octanol–water partition coefficient (Wildman–Crippen LogP) is 4.38. The van der Waals surface area contributed by atoms with Crippen LogP contribution in [0.3, 0.4) is 0 Å². The number of hydrogen-bond donors (Lipinski definition) is 1. The maximum Gasteiger partial charge on any atom is 0.392 e. The van der Waals surface area contributed by atoms with Crippen LogP contribution in [0.15, 0.2) is 0 Å². The molecule has 0 radical (unpaired) electrons. The smallest absolute Gasteiger partial charge is 0.316 e. The summed E-state index contributed by atoms with van der Waals surface area (Å²) in [7, 11) is 1.80. The maximum atomic E-state index is 13.1. The summed E-state index contributed by atoms with van der Waals surface area (Å²) in [5.41, 5.74) is 0. The Morgan fingerprint density at radius 3 is 2.33 bits per heavy atom. The lowest BCUT2D eigenvalue weighted by Crippen LogP contribution is -2.47. The average Bonchev–Trinajstić information content (AvgIpc) is 2.29. The van der Waals surface area contributed by atoms with E-state index < -0.39 is 12.1 Å². The van der Waals surface area contributed by atoms with Gasteiger partial charge < -0.3 is 5.32 Å². The summed E-state index contributed by atoms with van der Waals surface area (Å²) in [6.45, 7) is 4.16. The Bertz CT molecular complexity index is 240. The van der Waals surface area contributed by atoms with Crippen LogP contribution in [0, 0.1) is 17.8 Å². The number of halogens is 3. The van der Waals surface area contributed by atoms with Gasteiger partial charge in [-0.1, -0.05) is 33.1 Å². The van der Waals surface area contributed by atoms with Gasteiger partial charge in [0.15, 0.2) is 0 Å². The third-order valence-corrected chi connectivity index (χ3v) is 4.39. The molecule has 0 aliphatic heterocycles. The molecule has 1 saturated carbocycles. The molecule has 0 spiro atoms. The van der Waals surface area contributed by atoms with E-state index in [0.717, 1.165) is 25.7 Å². The Morgan fingerprint density at radius 1 is 1.22 bits per heavy atom. The first-order valence-electron chi connectivity index (χ1n) is 7.15. The fourth-order valence-corrected chi connectivity index (χ4v) is 3.55. The number of nitrogens with one attached hydrogen (secondary N) is 1. The summed E-state index contributed by atoms with van der Waals surface area (Å²) < 4.78 is 39.3. The van der Waals surface area contributed by atoms with Gasteiger partial charge >= 0.3 is 6.18 Å². The number of alkyl halides is 3. The first-order chi connectivity index (χ1) is 8.41. The van der Waals surface area contributed by atoms with Gasteiger partial charge in [-0.05, 0) is 38.1 Å². The largest absolute Gasteiger partial charge is 0.392 e. The SMILES string of the molecule is CCCC(C)C(NC)C1CCCCC1C(F)(F)F. The highest BCUT2D eigenvalue weighted by Crippen LogP contribution is 2.44. The summed E-state index contributed by atoms with van der Waals surface area (Å²) in [4.78, 5) is 0. The molecule has 0 amide bonds. The van der Waals surface area contributed by atoms with Crippen LogP contribution < -0.4 is 5.32 Å². The highest BCUT2D eigenvalue weighted by molar-refractivity contribution is 4.90. The van der Waals surface area contributed by atoms with Gasteiger partial charge in [-0.25, -0.2) is 0 Å². The molecule has 4 unspecified atom stereocenters. The molecular weight excluding hydrogens is 239 g/mol. The standard InChI is InChI=1S/C14H26F3N/c1-4-7-10(2)13(18-3)11-8-5-6-9-12(11)14(15,16)17/h10-13,18H,4-9H2,1-3H3. The molecule has 0 saturated heterocycles. The third kappa shape index (κ3) is 3.87. The van der Waals surface area contributed by atoms with E-state index >= 15 is 0 Å². The van der Waals surface area contributed by atoms with Crippen LogP contribution in [-0.2, 0) is 0 Å². The molecule has 0 aromatic heterocycles. The molecule has 108 valence electrons. The van der Waals surface area contributed by atoms with Crippen molar-refractivity contribution in [3.05, 3.63) is 0 Å². The fraction of sp³-hybridized carbons (Fsp3) is 1.00. The Morgan fingerprint density at radius 2 is 1.83 bits per heavy atom. The van der Waals surface area contributed by atoms with Crippen LogP contribution >= 0.6 is 0 Å². The molecule has 18 heavy (non-hydrogen) atoms. The lowest BCUT2D eigenvalue weighted by atomic mass is 9.71. The topological polar surface area (TPSA) is 12.0 Å². The summed E-state index contributed by atoms with van der Waals surface area (Å²) in [5.74, 6) is -1.04.